The number of methoxy groups -OCH3 is 5. The number of ether oxygens (including phenoxy) is 5. The molecule has 0 spiro atoms. The molecular formula is C109H177FN10O23P2S2. The van der Waals surface area contributed by atoms with Crippen molar-refractivity contribution in [3.63, 3.8) is 0 Å². The number of amides is 12. The minimum Gasteiger partial charge on any atom is -0.496 e. The molecule has 4 N–H and O–H groups in total. The molecule has 0 bridgehead atoms. The highest BCUT2D eigenvalue weighted by Gasteiger charge is 2.49. The minimum atomic E-state index is -1.40. The first kappa shape index (κ1) is 129. The third-order valence-electron chi connectivity index (χ3n) is 30.1. The quantitative estimate of drug-likeness (QED) is 0.0271. The Bertz CT molecular complexity index is 4600. The zero-order valence-electron chi connectivity index (χ0n) is 92.3. The zero-order valence-corrected chi connectivity index (χ0v) is 96.0. The number of nitrogens with one attached hydrogen (secondary N) is 2. The second-order valence-corrected chi connectivity index (χ2v) is 46.7. The maximum atomic E-state index is 14.7. The van der Waals surface area contributed by atoms with Crippen LogP contribution in [-0.4, -0.2) is 354 Å². The van der Waals surface area contributed by atoms with E-state index in [1.165, 1.54) is 73.3 Å². The smallest absolute Gasteiger partial charge is 0.326 e. The second-order valence-electron chi connectivity index (χ2n) is 41.6. The van der Waals surface area contributed by atoms with Gasteiger partial charge < -0.3 is 73.9 Å². The molecule has 4 aliphatic heterocycles. The van der Waals surface area contributed by atoms with Crippen LogP contribution in [0.15, 0.2) is 48.5 Å². The van der Waals surface area contributed by atoms with E-state index in [0.717, 1.165) is 53.8 Å². The predicted molar refractivity (Wildman–Crippen MR) is 576 cm³/mol. The SMILES string of the molecule is CC[C@H](C)[C@@H]([C@@H](CC(=O)N1CCC[C@H]1[C@H](OC)[C@@H](C)C(=O)N[C@@H](Cc1ccccc1F)C(=O)O)OC)N(C)C(=O)[C@@H](CC(=O)[C@H](C(C)C)N(C)C(=O)CCCCCN1C(=O)CC(SCCCPC)C1=O)C(C)C.CC[C@H](C)[C@@H]([C@@H](CC(=O)N1CCC[C@H]1[C@H](OC)[C@@H](C)C(=O)N[C@@H](Cc1ccccc1OC)C(=O)O)OC)N(C)C(=O)[C@@H](CC(=O)[C@H](C(C)C)N(C)C(=O)CCCCCN1C(=O)CC(SCCCPC)C1=O)C(C)C. The summed E-state index contributed by atoms with van der Waals surface area (Å²) in [6, 6.07) is 6.47. The highest BCUT2D eigenvalue weighted by Crippen LogP contribution is 2.38. The lowest BCUT2D eigenvalue weighted by atomic mass is 9.83. The van der Waals surface area contributed by atoms with E-state index in [1.807, 2.05) is 83.1 Å². The fourth-order valence-electron chi connectivity index (χ4n) is 21.2. The van der Waals surface area contributed by atoms with Crippen LogP contribution in [0.4, 0.5) is 4.39 Å². The average Bonchev–Trinajstić information content (AvgIpc) is 1.79. The molecule has 4 fully saturated rings. The van der Waals surface area contributed by atoms with Crippen LogP contribution in [0.2, 0.25) is 0 Å². The van der Waals surface area contributed by atoms with Gasteiger partial charge in [-0.3, -0.25) is 76.9 Å². The fraction of sp³-hybridized carbons (Fsp3) is 0.743. The van der Waals surface area contributed by atoms with E-state index in [2.05, 4.69) is 24.0 Å². The number of hydrogen-bond donors (Lipinski definition) is 4. The van der Waals surface area contributed by atoms with Gasteiger partial charge in [0.25, 0.3) is 0 Å². The number of halogens is 1. The number of rotatable bonds is 67. The van der Waals surface area contributed by atoms with Crippen molar-refractivity contribution >= 4 is 135 Å². The average molecular weight is 2140 g/mol. The van der Waals surface area contributed by atoms with Gasteiger partial charge >= 0.3 is 11.9 Å². The third kappa shape index (κ3) is 37.7. The van der Waals surface area contributed by atoms with Crippen molar-refractivity contribution in [2.45, 2.75) is 334 Å². The van der Waals surface area contributed by atoms with Crippen LogP contribution in [0.1, 0.15) is 249 Å². The van der Waals surface area contributed by atoms with Gasteiger partial charge in [0.15, 0.2) is 11.6 Å². The summed E-state index contributed by atoms with van der Waals surface area (Å²) in [5, 5.41) is 24.6. The Morgan fingerprint density at radius 2 is 0.844 bits per heavy atom. The number of likely N-dealkylation sites (N-methyl/N-ethyl adjacent to an activating group) is 4. The number of carbonyl (C=O) groups is 16. The molecular weight excluding hydrogens is 1960 g/mol. The lowest BCUT2D eigenvalue weighted by molar-refractivity contribution is -0.150. The van der Waals surface area contributed by atoms with Crippen LogP contribution in [0.25, 0.3) is 0 Å². The highest BCUT2D eigenvalue weighted by molar-refractivity contribution is 8.00. The Hall–Kier alpha value is -8.11. The molecule has 0 saturated carbocycles. The summed E-state index contributed by atoms with van der Waals surface area (Å²) >= 11 is 3.14. The lowest BCUT2D eigenvalue weighted by Crippen LogP contribution is -2.55. The molecule has 147 heavy (non-hydrogen) atoms. The molecule has 33 nitrogen and oxygen atoms in total. The van der Waals surface area contributed by atoms with Crippen molar-refractivity contribution in [3.05, 3.63) is 65.5 Å². The summed E-state index contributed by atoms with van der Waals surface area (Å²) in [5.41, 5.74) is 0.774. The molecule has 0 radical (unpaired) electrons. The number of nitrogens with zero attached hydrogens (tertiary/aromatic N) is 8. The predicted octanol–water partition coefficient (Wildman–Crippen LogP) is 13.3. The van der Waals surface area contributed by atoms with Gasteiger partial charge in [0.1, 0.15) is 23.7 Å². The van der Waals surface area contributed by atoms with Gasteiger partial charge in [0.2, 0.25) is 70.9 Å². The van der Waals surface area contributed by atoms with Gasteiger partial charge in [-0.2, -0.15) is 0 Å². The Kier molecular flexibility index (Phi) is 57.5. The number of ketones is 2. The Morgan fingerprint density at radius 1 is 0.476 bits per heavy atom. The third-order valence-corrected chi connectivity index (χ3v) is 34.4. The largest absolute Gasteiger partial charge is 0.496 e. The van der Waals surface area contributed by atoms with E-state index < -0.39 is 126 Å². The molecule has 0 aromatic heterocycles. The Balaban J connectivity index is 0.000000517. The molecule has 4 heterocycles. The summed E-state index contributed by atoms with van der Waals surface area (Å²) in [6.45, 7) is 32.2. The number of unbranched alkanes of at least 4 members (excludes halogenated alkanes) is 4. The van der Waals surface area contributed by atoms with E-state index in [0.29, 0.717) is 115 Å². The fourth-order valence-corrected chi connectivity index (χ4v) is 25.0. The molecule has 830 valence electrons. The van der Waals surface area contributed by atoms with E-state index in [-0.39, 0.29) is 186 Å². The molecule has 6 rings (SSSR count). The zero-order chi connectivity index (χ0) is 110. The van der Waals surface area contributed by atoms with Crippen LogP contribution in [0.5, 0.6) is 5.75 Å². The number of carboxylic acid groups (broad SMARTS) is 2. The van der Waals surface area contributed by atoms with Crippen LogP contribution in [0, 0.1) is 65.0 Å². The summed E-state index contributed by atoms with van der Waals surface area (Å²) in [7, 11) is 15.8. The molecule has 2 aromatic rings. The Morgan fingerprint density at radius 3 is 1.18 bits per heavy atom. The van der Waals surface area contributed by atoms with E-state index in [9.17, 15) is 91.3 Å². The number of thioether (sulfide) groups is 2. The van der Waals surface area contributed by atoms with Gasteiger partial charge in [-0.05, 0) is 160 Å². The number of carboxylic acids is 2. The van der Waals surface area contributed by atoms with Crippen LogP contribution in [-0.2, 0) is 109 Å². The maximum absolute atomic E-state index is 14.7. The van der Waals surface area contributed by atoms with E-state index in [4.69, 9.17) is 23.7 Å². The molecule has 4 unspecified atom stereocenters. The number of aliphatic carboxylic acids is 2. The summed E-state index contributed by atoms with van der Waals surface area (Å²) in [5.74, 6) is -8.74. The molecule has 38 heteroatoms. The van der Waals surface area contributed by atoms with E-state index >= 15 is 0 Å². The first-order valence-corrected chi connectivity index (χ1v) is 58.6. The second kappa shape index (κ2) is 65.3. The highest BCUT2D eigenvalue weighted by atomic mass is 32.2. The summed E-state index contributed by atoms with van der Waals surface area (Å²) in [4.78, 5) is 229. The first-order valence-electron chi connectivity index (χ1n) is 53.1. The minimum absolute atomic E-state index is 0.000624. The maximum Gasteiger partial charge on any atom is 0.326 e. The number of Topliss-reactive ketones (excluding diaryl/α,β-unsaturated/α-hetero) is 2. The van der Waals surface area contributed by atoms with Gasteiger partial charge in [0.05, 0.1) is 103 Å². The lowest BCUT2D eigenvalue weighted by Gasteiger charge is -2.41. The van der Waals surface area contributed by atoms with Crippen molar-refractivity contribution in [2.24, 2.45) is 59.2 Å². The number of carbonyl (C=O) groups excluding carboxylic acids is 14. The first-order chi connectivity index (χ1) is 69.6. The van der Waals surface area contributed by atoms with Gasteiger partial charge in [0, 0.05) is 146 Å². The molecule has 4 saturated heterocycles. The standard InChI is InChI=1S/C55H90N5O12PS.C54H87FN5O11PS/c1-14-36(6)50(44(71-11)32-47(63)59-27-20-23-41(59)51(72-12)37(7)52(65)56-40(55(68)69)30-38-22-17-18-24-43(38)70-10)58(9)53(66)39(34(2)3)31-42(61)49(35(4)5)57(8)46(62)25-16-15-19-26-60-48(64)33-45(54(60)67)74-29-21-28-73-13;1-13-35(6)49(43(70-10)31-46(63)59-26-19-23-41(59)50(71-11)36(7)51(65)56-40(54(68)69)29-37-21-16-17-22-39(37)55)58(9)52(66)38(33(2)3)30-42(61)48(34(4)5)57(8)45(62)24-15-14-18-25-60-47(64)32-44(53(60)67)73-28-20-27-72-12/h17-18,22,24,34-37,39-41,44-45,49-51,73H,14-16,19-21,23,25-33H2,1-13H3,(H,56,65)(H,68,69);16-17,21-22,33-36,38,40-41,43-44,48-50,72H,13-15,18-20,23-32H2,1-12H3,(H,56,65)(H,68,69)/t36-,37+,39-,40-,41-,44+,45?,49-,50-,51+;35-,36+,38-,40-,41-,43+,44?,48-,49-,50+/m00/s1. The van der Waals surface area contributed by atoms with Crippen molar-refractivity contribution in [2.75, 3.05) is 127 Å². The molecule has 4 aliphatic rings. The van der Waals surface area contributed by atoms with Gasteiger partial charge in [-0.1, -0.05) is 159 Å². The summed E-state index contributed by atoms with van der Waals surface area (Å²) in [6.07, 6.45) is 8.75. The number of likely N-dealkylation sites (tertiary alicyclic amines) is 4. The number of imide groups is 2. The number of hydrogen-bond acceptors (Lipinski definition) is 23. The topological polar surface area (TPSA) is 410 Å². The van der Waals surface area contributed by atoms with Crippen molar-refractivity contribution < 1.29 is 115 Å². The van der Waals surface area contributed by atoms with Crippen molar-refractivity contribution in [1.82, 2.24) is 49.8 Å². The number of benzene rings is 2. The Labute approximate surface area is 886 Å². The van der Waals surface area contributed by atoms with Crippen molar-refractivity contribution in [1.29, 1.82) is 0 Å². The molecule has 22 atom stereocenters. The van der Waals surface area contributed by atoms with Crippen LogP contribution >= 0.6 is 40.7 Å². The van der Waals surface area contributed by atoms with Crippen LogP contribution in [0.3, 0.4) is 0 Å². The van der Waals surface area contributed by atoms with E-state index in [1.54, 1.807) is 115 Å². The monoisotopic (exact) mass is 2140 g/mol. The normalized spacial score (nSPS) is 19.4. The molecule has 12 amide bonds. The van der Waals surface area contributed by atoms with Gasteiger partial charge in [-0.25, -0.2) is 14.0 Å². The van der Waals surface area contributed by atoms with Gasteiger partial charge in [-0.15, -0.1) is 40.7 Å². The molecule has 0 aliphatic carbocycles. The number of para-hydroxylation sites is 1. The summed E-state index contributed by atoms with van der Waals surface area (Å²) < 4.78 is 43.8. The van der Waals surface area contributed by atoms with Crippen molar-refractivity contribution in [3.8, 4) is 5.75 Å². The van der Waals surface area contributed by atoms with Crippen LogP contribution < -0.4 is 15.4 Å². The molecule has 2 aromatic carbocycles.